The van der Waals surface area contributed by atoms with Crippen molar-refractivity contribution in [3.8, 4) is 5.75 Å². The molecule has 0 fully saturated rings. The summed E-state index contributed by atoms with van der Waals surface area (Å²) >= 11 is 5.15. The van der Waals surface area contributed by atoms with Gasteiger partial charge in [-0.1, -0.05) is 40.2 Å². The van der Waals surface area contributed by atoms with Gasteiger partial charge in [0.1, 0.15) is 18.9 Å². The smallest absolute Gasteiger partial charge is 0.254 e. The summed E-state index contributed by atoms with van der Waals surface area (Å²) < 4.78 is 6.90. The van der Waals surface area contributed by atoms with E-state index in [1.807, 2.05) is 61.2 Å². The van der Waals surface area contributed by atoms with E-state index in [2.05, 4.69) is 27.4 Å². The SMILES string of the molecule is CC(C)N(CC(=O)N1CCc2sccc2[C@H]1COc1ccccc1)C(=O)c1cccc(Br)c1. The molecule has 2 heterocycles. The number of amides is 2. The lowest BCUT2D eigenvalue weighted by Crippen LogP contribution is -2.49. The Morgan fingerprint density at radius 3 is 2.67 bits per heavy atom. The number of nitrogens with zero attached hydrogens (tertiary/aromatic N) is 2. The van der Waals surface area contributed by atoms with Crippen molar-refractivity contribution in [3.05, 3.63) is 86.5 Å². The first kappa shape index (κ1) is 23.5. The van der Waals surface area contributed by atoms with Gasteiger partial charge in [0.05, 0.1) is 6.04 Å². The van der Waals surface area contributed by atoms with Gasteiger partial charge in [0.2, 0.25) is 5.91 Å². The summed E-state index contributed by atoms with van der Waals surface area (Å²) in [6, 6.07) is 18.7. The van der Waals surface area contributed by atoms with E-state index in [1.54, 1.807) is 28.4 Å². The summed E-state index contributed by atoms with van der Waals surface area (Å²) in [6.45, 7) is 4.90. The molecule has 0 radical (unpaired) electrons. The molecular formula is C26H27BrN2O3S. The van der Waals surface area contributed by atoms with Crippen LogP contribution in [0.25, 0.3) is 0 Å². The molecule has 0 saturated carbocycles. The molecule has 7 heteroatoms. The second-order valence-electron chi connectivity index (χ2n) is 8.31. The first-order valence-electron chi connectivity index (χ1n) is 11.0. The summed E-state index contributed by atoms with van der Waals surface area (Å²) in [6.07, 6.45) is 0.821. The van der Waals surface area contributed by atoms with Gasteiger partial charge in [-0.25, -0.2) is 0 Å². The average Bonchev–Trinajstić information content (AvgIpc) is 3.30. The summed E-state index contributed by atoms with van der Waals surface area (Å²) in [5.41, 5.74) is 1.71. The maximum atomic E-state index is 13.5. The van der Waals surface area contributed by atoms with Crippen LogP contribution in [0.2, 0.25) is 0 Å². The fraction of sp³-hybridized carbons (Fsp3) is 0.308. The van der Waals surface area contributed by atoms with Gasteiger partial charge in [-0.05, 0) is 67.6 Å². The molecule has 1 aromatic heterocycles. The van der Waals surface area contributed by atoms with Crippen molar-refractivity contribution in [2.24, 2.45) is 0 Å². The molecule has 1 aliphatic rings. The van der Waals surface area contributed by atoms with Crippen LogP contribution in [0.5, 0.6) is 5.75 Å². The number of ether oxygens (including phenoxy) is 1. The number of hydrogen-bond acceptors (Lipinski definition) is 4. The van der Waals surface area contributed by atoms with E-state index in [0.29, 0.717) is 18.7 Å². The molecule has 5 nitrogen and oxygen atoms in total. The normalized spacial score (nSPS) is 15.3. The lowest BCUT2D eigenvalue weighted by atomic mass is 10.00. The zero-order valence-corrected chi connectivity index (χ0v) is 21.1. The molecule has 4 rings (SSSR count). The van der Waals surface area contributed by atoms with E-state index < -0.39 is 0 Å². The number of fused-ring (bicyclic) bond motifs is 1. The second kappa shape index (κ2) is 10.5. The highest BCUT2D eigenvalue weighted by molar-refractivity contribution is 9.10. The molecule has 0 N–H and O–H groups in total. The third kappa shape index (κ3) is 5.47. The van der Waals surface area contributed by atoms with Crippen molar-refractivity contribution in [1.82, 2.24) is 9.80 Å². The molecule has 172 valence electrons. The number of hydrogen-bond donors (Lipinski definition) is 0. The monoisotopic (exact) mass is 526 g/mol. The van der Waals surface area contributed by atoms with Crippen LogP contribution in [-0.4, -0.2) is 47.4 Å². The van der Waals surface area contributed by atoms with Crippen molar-refractivity contribution >= 4 is 39.1 Å². The highest BCUT2D eigenvalue weighted by Crippen LogP contribution is 2.34. The van der Waals surface area contributed by atoms with Crippen LogP contribution < -0.4 is 4.74 Å². The van der Waals surface area contributed by atoms with Crippen molar-refractivity contribution < 1.29 is 14.3 Å². The van der Waals surface area contributed by atoms with Crippen LogP contribution in [0.3, 0.4) is 0 Å². The van der Waals surface area contributed by atoms with E-state index in [9.17, 15) is 9.59 Å². The highest BCUT2D eigenvalue weighted by atomic mass is 79.9. The predicted molar refractivity (Wildman–Crippen MR) is 135 cm³/mol. The summed E-state index contributed by atoms with van der Waals surface area (Å²) in [5.74, 6) is 0.566. The number of rotatable bonds is 7. The Labute approximate surface area is 207 Å². The quantitative estimate of drug-likeness (QED) is 0.404. The molecule has 2 amide bonds. The number of halogens is 1. The Balaban J connectivity index is 1.53. The van der Waals surface area contributed by atoms with Crippen LogP contribution in [0.1, 0.15) is 40.7 Å². The Hall–Kier alpha value is -2.64. The fourth-order valence-electron chi connectivity index (χ4n) is 4.08. The van der Waals surface area contributed by atoms with Gasteiger partial charge in [-0.3, -0.25) is 9.59 Å². The van der Waals surface area contributed by atoms with Crippen LogP contribution in [-0.2, 0) is 11.2 Å². The van der Waals surface area contributed by atoms with E-state index in [1.165, 1.54) is 4.88 Å². The lowest BCUT2D eigenvalue weighted by molar-refractivity contribution is -0.136. The van der Waals surface area contributed by atoms with Crippen LogP contribution >= 0.6 is 27.3 Å². The van der Waals surface area contributed by atoms with Crippen LogP contribution in [0.15, 0.2) is 70.5 Å². The van der Waals surface area contributed by atoms with Gasteiger partial charge < -0.3 is 14.5 Å². The largest absolute Gasteiger partial charge is 0.491 e. The maximum Gasteiger partial charge on any atom is 0.254 e. The minimum absolute atomic E-state index is 0.0321. The zero-order valence-electron chi connectivity index (χ0n) is 18.7. The summed E-state index contributed by atoms with van der Waals surface area (Å²) in [7, 11) is 0. The van der Waals surface area contributed by atoms with E-state index in [4.69, 9.17) is 4.74 Å². The minimum Gasteiger partial charge on any atom is -0.491 e. The first-order chi connectivity index (χ1) is 15.9. The maximum absolute atomic E-state index is 13.5. The average molecular weight is 527 g/mol. The number of para-hydroxylation sites is 1. The van der Waals surface area contributed by atoms with Gasteiger partial charge in [0.15, 0.2) is 0 Å². The van der Waals surface area contributed by atoms with Crippen molar-refractivity contribution in [2.75, 3.05) is 19.7 Å². The zero-order chi connectivity index (χ0) is 23.4. The molecule has 33 heavy (non-hydrogen) atoms. The summed E-state index contributed by atoms with van der Waals surface area (Å²) in [4.78, 5) is 31.6. The standard InChI is InChI=1S/C26H27BrN2O3S/c1-18(2)29(26(31)19-7-6-8-20(27)15-19)16-25(30)28-13-11-24-22(12-14-33-24)23(28)17-32-21-9-4-3-5-10-21/h3-10,12,14-15,18,23H,11,13,16-17H2,1-2H3/t23-/m1/s1. The third-order valence-corrected chi connectivity index (χ3v) is 7.32. The van der Waals surface area contributed by atoms with E-state index >= 15 is 0 Å². The molecule has 1 aliphatic heterocycles. The van der Waals surface area contributed by atoms with E-state index in [0.717, 1.165) is 22.2 Å². The molecule has 0 saturated heterocycles. The molecule has 0 spiro atoms. The Morgan fingerprint density at radius 1 is 1.15 bits per heavy atom. The van der Waals surface area contributed by atoms with E-state index in [-0.39, 0.29) is 30.4 Å². The second-order valence-corrected chi connectivity index (χ2v) is 10.2. The van der Waals surface area contributed by atoms with Crippen molar-refractivity contribution in [1.29, 1.82) is 0 Å². The summed E-state index contributed by atoms with van der Waals surface area (Å²) in [5, 5.41) is 2.07. The number of carbonyl (C=O) groups is 2. The Kier molecular flexibility index (Phi) is 7.50. The molecular weight excluding hydrogens is 500 g/mol. The van der Waals surface area contributed by atoms with Gasteiger partial charge in [0.25, 0.3) is 5.91 Å². The molecule has 3 aromatic rings. The van der Waals surface area contributed by atoms with Crippen molar-refractivity contribution in [3.63, 3.8) is 0 Å². The highest BCUT2D eigenvalue weighted by Gasteiger charge is 2.34. The Morgan fingerprint density at radius 2 is 1.94 bits per heavy atom. The number of thiophene rings is 1. The topological polar surface area (TPSA) is 49.9 Å². The van der Waals surface area contributed by atoms with Gasteiger partial charge in [-0.2, -0.15) is 0 Å². The van der Waals surface area contributed by atoms with Gasteiger partial charge in [-0.15, -0.1) is 11.3 Å². The van der Waals surface area contributed by atoms with Crippen LogP contribution in [0, 0.1) is 0 Å². The van der Waals surface area contributed by atoms with Crippen LogP contribution in [0.4, 0.5) is 0 Å². The first-order valence-corrected chi connectivity index (χ1v) is 12.7. The Bertz CT molecular complexity index is 1120. The third-order valence-electron chi connectivity index (χ3n) is 5.83. The van der Waals surface area contributed by atoms with Gasteiger partial charge in [0, 0.05) is 27.5 Å². The van der Waals surface area contributed by atoms with Crippen molar-refractivity contribution in [2.45, 2.75) is 32.4 Å². The minimum atomic E-state index is -0.178. The molecule has 1 atom stereocenters. The fourth-order valence-corrected chi connectivity index (χ4v) is 5.41. The van der Waals surface area contributed by atoms with Gasteiger partial charge >= 0.3 is 0 Å². The molecule has 0 unspecified atom stereocenters. The lowest BCUT2D eigenvalue weighted by Gasteiger charge is -2.37. The molecule has 0 aliphatic carbocycles. The molecule has 2 aromatic carbocycles. The number of benzene rings is 2. The number of carbonyl (C=O) groups excluding carboxylic acids is 2. The predicted octanol–water partition coefficient (Wildman–Crippen LogP) is 5.57. The molecule has 0 bridgehead atoms.